The van der Waals surface area contributed by atoms with E-state index in [1.807, 2.05) is 17.5 Å². The SMILES string of the molecule is CN(Cc1cccs1)C(=O)c1cnc(N)cn1. The van der Waals surface area contributed by atoms with Gasteiger partial charge in [-0.3, -0.25) is 4.79 Å². The molecule has 5 nitrogen and oxygen atoms in total. The number of nitrogen functional groups attached to an aromatic ring is 1. The van der Waals surface area contributed by atoms with Gasteiger partial charge in [0, 0.05) is 11.9 Å². The van der Waals surface area contributed by atoms with Gasteiger partial charge in [0.2, 0.25) is 0 Å². The fourth-order valence-electron chi connectivity index (χ4n) is 1.35. The Morgan fingerprint density at radius 2 is 2.29 bits per heavy atom. The maximum atomic E-state index is 12.0. The van der Waals surface area contributed by atoms with Gasteiger partial charge in [-0.15, -0.1) is 11.3 Å². The number of carbonyl (C=O) groups excluding carboxylic acids is 1. The van der Waals surface area contributed by atoms with E-state index in [0.717, 1.165) is 4.88 Å². The Kier molecular flexibility index (Phi) is 3.34. The minimum Gasteiger partial charge on any atom is -0.382 e. The highest BCUT2D eigenvalue weighted by Gasteiger charge is 2.13. The predicted molar refractivity (Wildman–Crippen MR) is 66.6 cm³/mol. The van der Waals surface area contributed by atoms with Crippen LogP contribution in [0.3, 0.4) is 0 Å². The average molecular weight is 248 g/mol. The van der Waals surface area contributed by atoms with Crippen LogP contribution in [0.5, 0.6) is 0 Å². The van der Waals surface area contributed by atoms with Gasteiger partial charge >= 0.3 is 0 Å². The van der Waals surface area contributed by atoms with Crippen molar-refractivity contribution in [3.8, 4) is 0 Å². The van der Waals surface area contributed by atoms with Crippen LogP contribution in [0.4, 0.5) is 5.82 Å². The van der Waals surface area contributed by atoms with Crippen molar-refractivity contribution in [2.24, 2.45) is 0 Å². The lowest BCUT2D eigenvalue weighted by molar-refractivity contribution is 0.0780. The van der Waals surface area contributed by atoms with E-state index in [1.54, 1.807) is 23.3 Å². The molecule has 0 saturated carbocycles. The third-order valence-electron chi connectivity index (χ3n) is 2.21. The quantitative estimate of drug-likeness (QED) is 0.891. The lowest BCUT2D eigenvalue weighted by Crippen LogP contribution is -2.26. The van der Waals surface area contributed by atoms with E-state index in [4.69, 9.17) is 5.73 Å². The zero-order valence-corrected chi connectivity index (χ0v) is 10.1. The molecule has 0 aliphatic heterocycles. The van der Waals surface area contributed by atoms with Crippen molar-refractivity contribution in [2.45, 2.75) is 6.54 Å². The molecule has 6 heteroatoms. The number of nitrogens with two attached hydrogens (primary N) is 1. The Morgan fingerprint density at radius 1 is 1.47 bits per heavy atom. The molecule has 17 heavy (non-hydrogen) atoms. The number of rotatable bonds is 3. The van der Waals surface area contributed by atoms with Crippen LogP contribution in [0.15, 0.2) is 29.9 Å². The first-order valence-corrected chi connectivity index (χ1v) is 5.90. The molecule has 0 bridgehead atoms. The summed E-state index contributed by atoms with van der Waals surface area (Å²) in [4.78, 5) is 22.5. The second-order valence-corrected chi connectivity index (χ2v) is 4.60. The summed E-state index contributed by atoms with van der Waals surface area (Å²) in [7, 11) is 1.74. The summed E-state index contributed by atoms with van der Waals surface area (Å²) in [5.41, 5.74) is 5.72. The molecular weight excluding hydrogens is 236 g/mol. The number of thiophene rings is 1. The monoisotopic (exact) mass is 248 g/mol. The molecule has 2 N–H and O–H groups in total. The zero-order valence-electron chi connectivity index (χ0n) is 9.33. The fourth-order valence-corrected chi connectivity index (χ4v) is 2.11. The number of aromatic nitrogens is 2. The first-order valence-electron chi connectivity index (χ1n) is 5.02. The van der Waals surface area contributed by atoms with Gasteiger partial charge in [0.15, 0.2) is 0 Å². The minimum absolute atomic E-state index is 0.161. The largest absolute Gasteiger partial charge is 0.382 e. The van der Waals surface area contributed by atoms with Gasteiger partial charge in [-0.2, -0.15) is 0 Å². The molecule has 0 radical (unpaired) electrons. The molecule has 2 rings (SSSR count). The molecule has 0 spiro atoms. The van der Waals surface area contributed by atoms with Crippen molar-refractivity contribution < 1.29 is 4.79 Å². The van der Waals surface area contributed by atoms with Crippen molar-refractivity contribution in [3.63, 3.8) is 0 Å². The Bertz CT molecular complexity index is 495. The third kappa shape index (κ3) is 2.79. The number of amides is 1. The second-order valence-electron chi connectivity index (χ2n) is 3.57. The summed E-state index contributed by atoms with van der Waals surface area (Å²) in [6.45, 7) is 0.572. The van der Waals surface area contributed by atoms with Gasteiger partial charge in [-0.25, -0.2) is 9.97 Å². The number of carbonyl (C=O) groups is 1. The molecule has 2 heterocycles. The van der Waals surface area contributed by atoms with E-state index in [1.165, 1.54) is 12.4 Å². The number of hydrogen-bond acceptors (Lipinski definition) is 5. The predicted octanol–water partition coefficient (Wildman–Crippen LogP) is 1.39. The van der Waals surface area contributed by atoms with Crippen LogP contribution in [0.25, 0.3) is 0 Å². The van der Waals surface area contributed by atoms with Gasteiger partial charge in [0.05, 0.1) is 18.9 Å². The summed E-state index contributed by atoms with van der Waals surface area (Å²) in [6, 6.07) is 3.95. The number of anilines is 1. The molecule has 88 valence electrons. The Morgan fingerprint density at radius 3 is 2.88 bits per heavy atom. The van der Waals surface area contributed by atoms with Crippen LogP contribution in [0, 0.1) is 0 Å². The summed E-state index contributed by atoms with van der Waals surface area (Å²) in [5.74, 6) is 0.147. The van der Waals surface area contributed by atoms with Crippen LogP contribution in [0.1, 0.15) is 15.4 Å². The lowest BCUT2D eigenvalue weighted by atomic mass is 10.3. The molecule has 0 aromatic carbocycles. The highest BCUT2D eigenvalue weighted by molar-refractivity contribution is 7.09. The van der Waals surface area contributed by atoms with Crippen LogP contribution in [0.2, 0.25) is 0 Å². The molecule has 2 aromatic rings. The third-order valence-corrected chi connectivity index (χ3v) is 3.07. The highest BCUT2D eigenvalue weighted by Crippen LogP contribution is 2.12. The van der Waals surface area contributed by atoms with Crippen LogP contribution in [-0.2, 0) is 6.54 Å². The standard InChI is InChI=1S/C11H12N4OS/c1-15(7-8-3-2-4-17-8)11(16)9-5-14-10(12)6-13-9/h2-6H,7H2,1H3,(H2,12,14). The van der Waals surface area contributed by atoms with Crippen molar-refractivity contribution in [1.29, 1.82) is 0 Å². The first kappa shape index (κ1) is 11.5. The van der Waals surface area contributed by atoms with Gasteiger partial charge in [-0.05, 0) is 11.4 Å². The van der Waals surface area contributed by atoms with Crippen molar-refractivity contribution in [2.75, 3.05) is 12.8 Å². The molecule has 1 amide bonds. The minimum atomic E-state index is -0.161. The molecule has 0 aliphatic rings. The summed E-state index contributed by atoms with van der Waals surface area (Å²) >= 11 is 1.62. The Balaban J connectivity index is 2.07. The highest BCUT2D eigenvalue weighted by atomic mass is 32.1. The smallest absolute Gasteiger partial charge is 0.274 e. The Hall–Kier alpha value is -1.95. The molecule has 2 aromatic heterocycles. The lowest BCUT2D eigenvalue weighted by Gasteiger charge is -2.15. The van der Waals surface area contributed by atoms with Crippen LogP contribution >= 0.6 is 11.3 Å². The van der Waals surface area contributed by atoms with E-state index in [-0.39, 0.29) is 5.91 Å². The zero-order chi connectivity index (χ0) is 12.3. The Labute approximate surface area is 103 Å². The maximum Gasteiger partial charge on any atom is 0.274 e. The second kappa shape index (κ2) is 4.92. The molecular formula is C11H12N4OS. The van der Waals surface area contributed by atoms with Gasteiger partial charge in [-0.1, -0.05) is 6.07 Å². The van der Waals surface area contributed by atoms with E-state index >= 15 is 0 Å². The first-order chi connectivity index (χ1) is 8.16. The van der Waals surface area contributed by atoms with E-state index in [0.29, 0.717) is 18.1 Å². The van der Waals surface area contributed by atoms with Crippen molar-refractivity contribution >= 4 is 23.1 Å². The van der Waals surface area contributed by atoms with E-state index in [9.17, 15) is 4.79 Å². The topological polar surface area (TPSA) is 72.1 Å². The van der Waals surface area contributed by atoms with Crippen molar-refractivity contribution in [3.05, 3.63) is 40.5 Å². The van der Waals surface area contributed by atoms with E-state index in [2.05, 4.69) is 9.97 Å². The van der Waals surface area contributed by atoms with Gasteiger partial charge in [0.1, 0.15) is 11.5 Å². The average Bonchev–Trinajstić information content (AvgIpc) is 2.82. The maximum absolute atomic E-state index is 12.0. The normalized spacial score (nSPS) is 10.2. The summed E-state index contributed by atoms with van der Waals surface area (Å²) in [6.07, 6.45) is 2.77. The summed E-state index contributed by atoms with van der Waals surface area (Å²) < 4.78 is 0. The number of hydrogen-bond donors (Lipinski definition) is 1. The van der Waals surface area contributed by atoms with Gasteiger partial charge < -0.3 is 10.6 Å². The molecule has 0 fully saturated rings. The molecule has 0 atom stereocenters. The van der Waals surface area contributed by atoms with E-state index < -0.39 is 0 Å². The summed E-state index contributed by atoms with van der Waals surface area (Å²) in [5, 5.41) is 1.98. The fraction of sp³-hybridized carbons (Fsp3) is 0.182. The van der Waals surface area contributed by atoms with Gasteiger partial charge in [0.25, 0.3) is 5.91 Å². The van der Waals surface area contributed by atoms with Crippen LogP contribution in [-0.4, -0.2) is 27.8 Å². The number of nitrogens with zero attached hydrogens (tertiary/aromatic N) is 3. The molecule has 0 unspecified atom stereocenters. The molecule has 0 aliphatic carbocycles. The molecule has 0 saturated heterocycles. The van der Waals surface area contributed by atoms with Crippen LogP contribution < -0.4 is 5.73 Å². The van der Waals surface area contributed by atoms with Crippen molar-refractivity contribution in [1.82, 2.24) is 14.9 Å².